The molecule has 12 heavy (non-hydrogen) atoms. The van der Waals surface area contributed by atoms with Crippen LogP contribution < -0.4 is 0 Å². The van der Waals surface area contributed by atoms with Crippen LogP contribution >= 0.6 is 0 Å². The molecule has 3 nitrogen and oxygen atoms in total. The molecule has 0 fully saturated rings. The summed E-state index contributed by atoms with van der Waals surface area (Å²) in [4.78, 5) is 29.5. The van der Waals surface area contributed by atoms with Crippen molar-refractivity contribution in [2.75, 3.05) is 0 Å². The predicted octanol–water partition coefficient (Wildman–Crippen LogP) is 1.15. The third-order valence-electron chi connectivity index (χ3n) is 0.498. The number of ketones is 3. The molecule has 0 rings (SSSR count). The Kier molecular flexibility index (Phi) is 15.6. The zero-order chi connectivity index (χ0) is 9.44. The summed E-state index contributed by atoms with van der Waals surface area (Å²) in [7, 11) is 0. The van der Waals surface area contributed by atoms with E-state index in [1.54, 1.807) is 0 Å². The third-order valence-corrected chi connectivity index (χ3v) is 0.498. The molecule has 72 valence electrons. The number of rotatable bonds is 2. The van der Waals surface area contributed by atoms with Crippen LogP contribution in [0.2, 0.25) is 0 Å². The molecule has 0 aliphatic heterocycles. The maximum atomic E-state index is 10.0. The summed E-state index contributed by atoms with van der Waals surface area (Å²) >= 11 is 0. The SMILES string of the molecule is CC(=O)CC(C)=O.CC(C)=O.[Ru]. The first-order valence-corrected chi connectivity index (χ1v) is 3.32. The topological polar surface area (TPSA) is 51.2 Å². The largest absolute Gasteiger partial charge is 0.300 e. The quantitative estimate of drug-likeness (QED) is 0.552. The van der Waals surface area contributed by atoms with Gasteiger partial charge in [0.25, 0.3) is 0 Å². The average molecular weight is 259 g/mol. The summed E-state index contributed by atoms with van der Waals surface area (Å²) in [5.41, 5.74) is 0. The van der Waals surface area contributed by atoms with E-state index in [1.165, 1.54) is 27.7 Å². The molecule has 0 N–H and O–H groups in total. The molecule has 0 saturated heterocycles. The summed E-state index contributed by atoms with van der Waals surface area (Å²) in [6.45, 7) is 5.86. The summed E-state index contributed by atoms with van der Waals surface area (Å²) in [6, 6.07) is 0. The normalized spacial score (nSPS) is 7.00. The van der Waals surface area contributed by atoms with Crippen molar-refractivity contribution in [3.63, 3.8) is 0 Å². The van der Waals surface area contributed by atoms with E-state index in [-0.39, 0.29) is 43.2 Å². The standard InChI is InChI=1S/C5H8O2.C3H6O.Ru/c1-4(6)3-5(2)7;1-3(2)4;/h3H2,1-2H3;1-2H3;. The van der Waals surface area contributed by atoms with Gasteiger partial charge in [0, 0.05) is 19.5 Å². The zero-order valence-corrected chi connectivity index (χ0v) is 9.52. The van der Waals surface area contributed by atoms with Gasteiger partial charge in [-0.15, -0.1) is 0 Å². The second-order valence-corrected chi connectivity index (χ2v) is 2.49. The van der Waals surface area contributed by atoms with Crippen molar-refractivity contribution in [3.05, 3.63) is 0 Å². The Balaban J connectivity index is -0.000000142. The maximum Gasteiger partial charge on any atom is 0.137 e. The molecule has 0 aliphatic rings. The Morgan fingerprint density at radius 1 is 0.833 bits per heavy atom. The van der Waals surface area contributed by atoms with E-state index in [4.69, 9.17) is 0 Å². The van der Waals surface area contributed by atoms with Crippen molar-refractivity contribution in [1.29, 1.82) is 0 Å². The van der Waals surface area contributed by atoms with Gasteiger partial charge >= 0.3 is 0 Å². The summed E-state index contributed by atoms with van der Waals surface area (Å²) in [5, 5.41) is 0. The van der Waals surface area contributed by atoms with Gasteiger partial charge in [0.2, 0.25) is 0 Å². The zero-order valence-electron chi connectivity index (χ0n) is 7.79. The molecular formula is C8H14O3Ru. The second-order valence-electron chi connectivity index (χ2n) is 2.49. The Hall–Kier alpha value is -0.367. The first-order valence-electron chi connectivity index (χ1n) is 3.32. The molecule has 0 bridgehead atoms. The molecule has 4 heteroatoms. The van der Waals surface area contributed by atoms with E-state index >= 15 is 0 Å². The third kappa shape index (κ3) is 54.4. The number of Topliss-reactive ketones (excluding diaryl/α,β-unsaturated/α-hetero) is 3. The van der Waals surface area contributed by atoms with Crippen molar-refractivity contribution in [2.45, 2.75) is 34.1 Å². The summed E-state index contributed by atoms with van der Waals surface area (Å²) in [6.07, 6.45) is 0.0833. The number of carbonyl (C=O) groups is 3. The van der Waals surface area contributed by atoms with Crippen molar-refractivity contribution in [2.24, 2.45) is 0 Å². The van der Waals surface area contributed by atoms with Crippen LogP contribution in [0.15, 0.2) is 0 Å². The average Bonchev–Trinajstić information content (AvgIpc) is 1.56. The van der Waals surface area contributed by atoms with Crippen molar-refractivity contribution >= 4 is 17.3 Å². The van der Waals surface area contributed by atoms with Crippen LogP contribution in [0.1, 0.15) is 34.1 Å². The predicted molar refractivity (Wildman–Crippen MR) is 42.3 cm³/mol. The minimum atomic E-state index is -0.0625. The second kappa shape index (κ2) is 10.6. The van der Waals surface area contributed by atoms with Crippen molar-refractivity contribution in [1.82, 2.24) is 0 Å². The summed E-state index contributed by atoms with van der Waals surface area (Å²) in [5.74, 6) is 0.0417. The van der Waals surface area contributed by atoms with E-state index in [2.05, 4.69) is 0 Å². The molecule has 0 radical (unpaired) electrons. The van der Waals surface area contributed by atoms with E-state index in [0.29, 0.717) is 0 Å². The van der Waals surface area contributed by atoms with Gasteiger partial charge in [0.15, 0.2) is 0 Å². The Labute approximate surface area is 85.7 Å². The Bertz CT molecular complexity index is 148. The number of hydrogen-bond acceptors (Lipinski definition) is 3. The maximum absolute atomic E-state index is 10.0. The van der Waals surface area contributed by atoms with Crippen LogP contribution in [0.25, 0.3) is 0 Å². The van der Waals surface area contributed by atoms with Gasteiger partial charge in [-0.1, -0.05) is 0 Å². The van der Waals surface area contributed by atoms with Crippen molar-refractivity contribution < 1.29 is 33.9 Å². The van der Waals surface area contributed by atoms with E-state index in [0.717, 1.165) is 0 Å². The first kappa shape index (κ1) is 17.6. The fraction of sp³-hybridized carbons (Fsp3) is 0.625. The van der Waals surface area contributed by atoms with Crippen LogP contribution in [0.3, 0.4) is 0 Å². The molecule has 0 unspecified atom stereocenters. The van der Waals surface area contributed by atoms with Gasteiger partial charge < -0.3 is 4.79 Å². The van der Waals surface area contributed by atoms with E-state index < -0.39 is 0 Å². The van der Waals surface area contributed by atoms with E-state index in [9.17, 15) is 14.4 Å². The van der Waals surface area contributed by atoms with Gasteiger partial charge in [0.05, 0.1) is 6.42 Å². The molecule has 0 heterocycles. The number of carbonyl (C=O) groups excluding carboxylic acids is 3. The van der Waals surface area contributed by atoms with Gasteiger partial charge in [-0.25, -0.2) is 0 Å². The van der Waals surface area contributed by atoms with Crippen LogP contribution in [-0.4, -0.2) is 17.3 Å². The minimum Gasteiger partial charge on any atom is -0.300 e. The van der Waals surface area contributed by atoms with Gasteiger partial charge in [-0.05, 0) is 27.7 Å². The van der Waals surface area contributed by atoms with Gasteiger partial charge in [-0.3, -0.25) is 9.59 Å². The molecule has 0 spiro atoms. The van der Waals surface area contributed by atoms with Crippen LogP contribution in [0, 0.1) is 0 Å². The van der Waals surface area contributed by atoms with Crippen LogP contribution in [0.5, 0.6) is 0 Å². The molecule has 0 aromatic rings. The molecule has 0 aromatic carbocycles. The molecular weight excluding hydrogens is 245 g/mol. The van der Waals surface area contributed by atoms with Crippen molar-refractivity contribution in [3.8, 4) is 0 Å². The van der Waals surface area contributed by atoms with E-state index in [1.807, 2.05) is 0 Å². The molecule has 0 atom stereocenters. The Morgan fingerprint density at radius 3 is 1.00 bits per heavy atom. The fourth-order valence-electron chi connectivity index (χ4n) is 0.351. The molecule has 0 amide bonds. The number of hydrogen-bond donors (Lipinski definition) is 0. The van der Waals surface area contributed by atoms with Gasteiger partial charge in [0.1, 0.15) is 17.3 Å². The van der Waals surface area contributed by atoms with Gasteiger partial charge in [-0.2, -0.15) is 0 Å². The molecule has 0 aromatic heterocycles. The van der Waals surface area contributed by atoms with Crippen LogP contribution in [0.4, 0.5) is 0 Å². The minimum absolute atomic E-state index is 0. The molecule has 0 aliphatic carbocycles. The smallest absolute Gasteiger partial charge is 0.137 e. The fourth-order valence-corrected chi connectivity index (χ4v) is 0.351. The van der Waals surface area contributed by atoms with Crippen LogP contribution in [-0.2, 0) is 33.9 Å². The summed E-state index contributed by atoms with van der Waals surface area (Å²) < 4.78 is 0. The monoisotopic (exact) mass is 260 g/mol. The Morgan fingerprint density at radius 2 is 1.00 bits per heavy atom. The first-order chi connectivity index (χ1) is 4.86. The molecule has 0 saturated carbocycles.